The van der Waals surface area contributed by atoms with E-state index in [1.165, 1.54) is 11.3 Å². The maximum absolute atomic E-state index is 12.2. The molecule has 11 nitrogen and oxygen atoms in total. The van der Waals surface area contributed by atoms with Gasteiger partial charge in [0.2, 0.25) is 11.9 Å². The molecule has 0 saturated carbocycles. The summed E-state index contributed by atoms with van der Waals surface area (Å²) in [6, 6.07) is 10.4. The van der Waals surface area contributed by atoms with Gasteiger partial charge in [0.25, 0.3) is 0 Å². The van der Waals surface area contributed by atoms with Crippen LogP contribution in [-0.2, 0) is 16.1 Å². The van der Waals surface area contributed by atoms with Crippen molar-refractivity contribution >= 4 is 51.6 Å². The summed E-state index contributed by atoms with van der Waals surface area (Å²) >= 11 is 1.18. The summed E-state index contributed by atoms with van der Waals surface area (Å²) in [7, 11) is 0. The molecule has 0 unspecified atom stereocenters. The van der Waals surface area contributed by atoms with E-state index < -0.39 is 5.97 Å². The fourth-order valence-corrected chi connectivity index (χ4v) is 4.61. The number of nitrogens with zero attached hydrogens (tertiary/aromatic N) is 4. The molecule has 0 bridgehead atoms. The van der Waals surface area contributed by atoms with Gasteiger partial charge in [0.05, 0.1) is 18.8 Å². The molecule has 1 saturated heterocycles. The predicted molar refractivity (Wildman–Crippen MR) is 146 cm³/mol. The normalized spacial score (nSPS) is 13.3. The predicted octanol–water partition coefficient (Wildman–Crippen LogP) is 3.53. The lowest BCUT2D eigenvalue weighted by Gasteiger charge is -2.28. The molecule has 4 N–H and O–H groups in total. The Morgan fingerprint density at radius 2 is 2.00 bits per heavy atom. The first-order valence-corrected chi connectivity index (χ1v) is 13.0. The first-order valence-electron chi connectivity index (χ1n) is 12.2. The second-order valence-corrected chi connectivity index (χ2v) is 9.83. The summed E-state index contributed by atoms with van der Waals surface area (Å²) < 4.78 is 5.11. The summed E-state index contributed by atoms with van der Waals surface area (Å²) in [5.41, 5.74) is 2.73. The number of benzene rings is 1. The molecule has 0 radical (unpaired) electrons. The van der Waals surface area contributed by atoms with Gasteiger partial charge in [-0.2, -0.15) is 9.97 Å². The molecule has 4 rings (SSSR count). The number of hydrogen-bond donors (Lipinski definition) is 4. The lowest BCUT2D eigenvalue weighted by Crippen LogP contribution is -2.48. The standard InChI is InChI=1S/C25H32N8O3S/c1-5-36-23(35)22-16(4)29-25(37-22)32-24-30-19(12-20(31-24)33-11-10-26-21(34)14-33)27-13-17-6-8-18(9-7-17)28-15(2)3/h6-9,12,15,28H,5,10-11,13-14H2,1-4H3,(H,26,34)(H2,27,29,30,31,32). The minimum absolute atomic E-state index is 0.0568. The fourth-order valence-electron chi connectivity index (χ4n) is 3.75. The maximum Gasteiger partial charge on any atom is 0.350 e. The fraction of sp³-hybridized carbons (Fsp3) is 0.400. The van der Waals surface area contributed by atoms with E-state index in [4.69, 9.17) is 4.74 Å². The summed E-state index contributed by atoms with van der Waals surface area (Å²) in [5.74, 6) is 1.06. The Labute approximate surface area is 220 Å². The largest absolute Gasteiger partial charge is 0.462 e. The van der Waals surface area contributed by atoms with Crippen LogP contribution in [0.2, 0.25) is 0 Å². The van der Waals surface area contributed by atoms with Crippen molar-refractivity contribution in [2.45, 2.75) is 40.3 Å². The Bertz CT molecular complexity index is 1250. The number of ether oxygens (including phenoxy) is 1. The summed E-state index contributed by atoms with van der Waals surface area (Å²) in [6.45, 7) is 9.96. The van der Waals surface area contributed by atoms with Crippen LogP contribution in [0.1, 0.15) is 41.7 Å². The molecule has 1 amide bonds. The van der Waals surface area contributed by atoms with E-state index >= 15 is 0 Å². The van der Waals surface area contributed by atoms with Crippen LogP contribution in [0, 0.1) is 6.92 Å². The molecule has 2 aromatic heterocycles. The molecule has 12 heteroatoms. The Kier molecular flexibility index (Phi) is 8.39. The van der Waals surface area contributed by atoms with Crippen molar-refractivity contribution in [1.82, 2.24) is 20.3 Å². The van der Waals surface area contributed by atoms with Gasteiger partial charge in [0, 0.05) is 37.4 Å². The van der Waals surface area contributed by atoms with Gasteiger partial charge in [-0.1, -0.05) is 23.5 Å². The van der Waals surface area contributed by atoms with Gasteiger partial charge >= 0.3 is 5.97 Å². The Hall–Kier alpha value is -3.93. The third-order valence-corrected chi connectivity index (χ3v) is 6.49. The number of carbonyl (C=O) groups is 2. The second kappa shape index (κ2) is 11.9. The highest BCUT2D eigenvalue weighted by atomic mass is 32.1. The minimum Gasteiger partial charge on any atom is -0.462 e. The molecule has 1 aromatic carbocycles. The highest BCUT2D eigenvalue weighted by Gasteiger charge is 2.21. The molecule has 3 heterocycles. The SMILES string of the molecule is CCOC(=O)c1sc(Nc2nc(NCc3ccc(NC(C)C)cc3)cc(N3CCNC(=O)C3)n2)nc1C. The highest BCUT2D eigenvalue weighted by Crippen LogP contribution is 2.27. The maximum atomic E-state index is 12.2. The zero-order valence-electron chi connectivity index (χ0n) is 21.4. The molecule has 1 aliphatic rings. The molecule has 196 valence electrons. The highest BCUT2D eigenvalue weighted by molar-refractivity contribution is 7.17. The summed E-state index contributed by atoms with van der Waals surface area (Å²) in [6.07, 6.45) is 0. The molecule has 0 aliphatic carbocycles. The first kappa shape index (κ1) is 26.1. The Balaban J connectivity index is 1.55. The van der Waals surface area contributed by atoms with E-state index in [0.29, 0.717) is 65.6 Å². The van der Waals surface area contributed by atoms with Crippen LogP contribution in [0.25, 0.3) is 0 Å². The smallest absolute Gasteiger partial charge is 0.350 e. The molecule has 1 aliphatic heterocycles. The number of anilines is 5. The van der Waals surface area contributed by atoms with Crippen LogP contribution >= 0.6 is 11.3 Å². The van der Waals surface area contributed by atoms with Crippen LogP contribution in [0.5, 0.6) is 0 Å². The monoisotopic (exact) mass is 524 g/mol. The second-order valence-electron chi connectivity index (χ2n) is 8.84. The van der Waals surface area contributed by atoms with Gasteiger partial charge in [-0.3, -0.25) is 10.1 Å². The van der Waals surface area contributed by atoms with E-state index in [0.717, 1.165) is 11.3 Å². The van der Waals surface area contributed by atoms with Crippen molar-refractivity contribution in [3.8, 4) is 0 Å². The van der Waals surface area contributed by atoms with E-state index in [-0.39, 0.29) is 12.5 Å². The summed E-state index contributed by atoms with van der Waals surface area (Å²) in [4.78, 5) is 40.2. The molecule has 3 aromatic rings. The average molecular weight is 525 g/mol. The topological polar surface area (TPSA) is 133 Å². The molecule has 1 fully saturated rings. The van der Waals surface area contributed by atoms with Crippen molar-refractivity contribution in [2.75, 3.05) is 47.1 Å². The zero-order valence-corrected chi connectivity index (χ0v) is 22.2. The number of hydrogen-bond acceptors (Lipinski definition) is 11. The van der Waals surface area contributed by atoms with Crippen LogP contribution in [0.3, 0.4) is 0 Å². The zero-order chi connectivity index (χ0) is 26.4. The third-order valence-electron chi connectivity index (χ3n) is 5.43. The number of piperazine rings is 1. The van der Waals surface area contributed by atoms with E-state index in [1.54, 1.807) is 13.8 Å². The van der Waals surface area contributed by atoms with Gasteiger partial charge in [-0.25, -0.2) is 9.78 Å². The van der Waals surface area contributed by atoms with Gasteiger partial charge < -0.3 is 25.6 Å². The molecule has 0 atom stereocenters. The number of esters is 1. The minimum atomic E-state index is -0.406. The summed E-state index contributed by atoms with van der Waals surface area (Å²) in [5, 5.41) is 13.2. The van der Waals surface area contributed by atoms with E-state index in [2.05, 4.69) is 62.2 Å². The van der Waals surface area contributed by atoms with Crippen molar-refractivity contribution in [2.24, 2.45) is 0 Å². The van der Waals surface area contributed by atoms with Crippen LogP contribution in [0.4, 0.5) is 28.4 Å². The Morgan fingerprint density at radius 3 is 2.70 bits per heavy atom. The van der Waals surface area contributed by atoms with Gasteiger partial charge in [0.15, 0.2) is 5.13 Å². The average Bonchev–Trinajstić information content (AvgIpc) is 3.23. The molecular formula is C25H32N8O3S. The first-order chi connectivity index (χ1) is 17.8. The van der Waals surface area contributed by atoms with E-state index in [9.17, 15) is 9.59 Å². The number of carbonyl (C=O) groups excluding carboxylic acids is 2. The Morgan fingerprint density at radius 1 is 1.22 bits per heavy atom. The molecular weight excluding hydrogens is 492 g/mol. The van der Waals surface area contributed by atoms with Crippen molar-refractivity contribution in [3.63, 3.8) is 0 Å². The van der Waals surface area contributed by atoms with Crippen molar-refractivity contribution < 1.29 is 14.3 Å². The lowest BCUT2D eigenvalue weighted by molar-refractivity contribution is -0.120. The lowest BCUT2D eigenvalue weighted by atomic mass is 10.2. The van der Waals surface area contributed by atoms with E-state index in [1.807, 2.05) is 23.1 Å². The number of thiazole rings is 1. The number of aryl methyl sites for hydroxylation is 1. The van der Waals surface area contributed by atoms with Crippen LogP contribution in [0.15, 0.2) is 30.3 Å². The van der Waals surface area contributed by atoms with Gasteiger partial charge in [0.1, 0.15) is 16.5 Å². The molecule has 37 heavy (non-hydrogen) atoms. The number of amides is 1. The molecule has 0 spiro atoms. The number of nitrogens with one attached hydrogen (secondary N) is 4. The quantitative estimate of drug-likeness (QED) is 0.292. The van der Waals surface area contributed by atoms with Crippen molar-refractivity contribution in [1.29, 1.82) is 0 Å². The number of rotatable bonds is 10. The van der Waals surface area contributed by atoms with Gasteiger partial charge in [-0.05, 0) is 45.4 Å². The number of aromatic nitrogens is 3. The third kappa shape index (κ3) is 7.06. The van der Waals surface area contributed by atoms with Crippen molar-refractivity contribution in [3.05, 3.63) is 46.5 Å². The van der Waals surface area contributed by atoms with Crippen LogP contribution in [-0.4, -0.2) is 59.1 Å². The van der Waals surface area contributed by atoms with Crippen LogP contribution < -0.4 is 26.2 Å². The van der Waals surface area contributed by atoms with Gasteiger partial charge in [-0.15, -0.1) is 0 Å².